The molecule has 0 radical (unpaired) electrons. The molecule has 3 aromatic rings. The van der Waals surface area contributed by atoms with Crippen molar-refractivity contribution in [1.82, 2.24) is 15.5 Å². The van der Waals surface area contributed by atoms with Crippen molar-refractivity contribution in [3.8, 4) is 0 Å². The molecule has 3 aromatic carbocycles. The van der Waals surface area contributed by atoms with E-state index in [1.165, 1.54) is 7.11 Å². The highest BCUT2D eigenvalue weighted by Gasteiger charge is 2.39. The number of amides is 2. The minimum absolute atomic E-state index is 0.271. The highest BCUT2D eigenvalue weighted by atomic mass is 35.5. The van der Waals surface area contributed by atoms with Gasteiger partial charge in [0.2, 0.25) is 11.8 Å². The maximum Gasteiger partial charge on any atom is 0.323 e. The first-order valence-electron chi connectivity index (χ1n) is 17.4. The normalized spacial score (nSPS) is 18.7. The Bertz CT molecular complexity index is 1610. The second kappa shape index (κ2) is 19.0. The molecule has 0 aliphatic carbocycles. The maximum absolute atomic E-state index is 14.2. The lowest BCUT2D eigenvalue weighted by atomic mass is 9.80. The van der Waals surface area contributed by atoms with Gasteiger partial charge in [-0.1, -0.05) is 103 Å². The molecule has 7 atom stereocenters. The summed E-state index contributed by atoms with van der Waals surface area (Å²) in [6, 6.07) is 23.6. The number of carbonyl (C=O) groups is 3. The van der Waals surface area contributed by atoms with Gasteiger partial charge in [0.1, 0.15) is 18.3 Å². The lowest BCUT2D eigenvalue weighted by molar-refractivity contribution is -0.145. The number of halogens is 1. The number of likely N-dealkylation sites (tertiary alicyclic amines) is 1. The van der Waals surface area contributed by atoms with Crippen molar-refractivity contribution < 1.29 is 29.0 Å². The summed E-state index contributed by atoms with van der Waals surface area (Å²) in [5.74, 6) is -1.22. The van der Waals surface area contributed by atoms with E-state index in [0.29, 0.717) is 30.8 Å². The van der Waals surface area contributed by atoms with E-state index < -0.39 is 47.7 Å². The van der Waals surface area contributed by atoms with Crippen molar-refractivity contribution in [2.75, 3.05) is 13.7 Å². The summed E-state index contributed by atoms with van der Waals surface area (Å²) in [6.45, 7) is 5.98. The number of nitrogens with two attached hydrogens (primary N) is 1. The molecule has 1 fully saturated rings. The third-order valence-electron chi connectivity index (χ3n) is 9.31. The maximum atomic E-state index is 14.2. The molecule has 11 heteroatoms. The van der Waals surface area contributed by atoms with Crippen LogP contribution in [0.25, 0.3) is 0 Å². The number of aliphatic hydroxyl groups excluding tert-OH is 1. The van der Waals surface area contributed by atoms with E-state index >= 15 is 0 Å². The highest BCUT2D eigenvalue weighted by molar-refractivity contribution is 6.30. The van der Waals surface area contributed by atoms with Crippen LogP contribution in [0, 0.1) is 5.41 Å². The molecule has 2 amide bonds. The van der Waals surface area contributed by atoms with Gasteiger partial charge in [-0.15, -0.1) is 0 Å². The van der Waals surface area contributed by atoms with Gasteiger partial charge >= 0.3 is 5.97 Å². The summed E-state index contributed by atoms with van der Waals surface area (Å²) in [6.07, 6.45) is 4.11. The number of carbonyl (C=O) groups excluding carboxylic acids is 3. The SMILES string of the molecule is COC(=O)[C@H](Cc1ccccc1)NC(O)[C@@](C)(C=C[C@@H]1CCCN1C(=O)[C@@H](NC(=O)[C@H](C)N)[C@@H](C)OCc1ccccc1)Cc1cccc(Cl)c1. The summed E-state index contributed by atoms with van der Waals surface area (Å²) in [5, 5.41) is 18.4. The van der Waals surface area contributed by atoms with E-state index in [4.69, 9.17) is 26.8 Å². The molecule has 1 aliphatic rings. The molecule has 0 spiro atoms. The predicted molar refractivity (Wildman–Crippen MR) is 199 cm³/mol. The summed E-state index contributed by atoms with van der Waals surface area (Å²) in [5.41, 5.74) is 7.66. The van der Waals surface area contributed by atoms with Crippen molar-refractivity contribution >= 4 is 29.4 Å². The van der Waals surface area contributed by atoms with E-state index in [2.05, 4.69) is 10.6 Å². The van der Waals surface area contributed by atoms with Crippen molar-refractivity contribution in [3.05, 3.63) is 119 Å². The zero-order valence-corrected chi connectivity index (χ0v) is 30.6. The largest absolute Gasteiger partial charge is 0.468 e. The Morgan fingerprint density at radius 1 is 1.02 bits per heavy atom. The van der Waals surface area contributed by atoms with Gasteiger partial charge in [-0.2, -0.15) is 0 Å². The van der Waals surface area contributed by atoms with Crippen LogP contribution < -0.4 is 16.4 Å². The van der Waals surface area contributed by atoms with Crippen LogP contribution in [0.3, 0.4) is 0 Å². The minimum Gasteiger partial charge on any atom is -0.468 e. The molecule has 10 nitrogen and oxygen atoms in total. The lowest BCUT2D eigenvalue weighted by Crippen LogP contribution is -2.57. The second-order valence-electron chi connectivity index (χ2n) is 13.5. The van der Waals surface area contributed by atoms with Crippen molar-refractivity contribution in [2.24, 2.45) is 11.1 Å². The summed E-state index contributed by atoms with van der Waals surface area (Å²) < 4.78 is 11.2. The van der Waals surface area contributed by atoms with Gasteiger partial charge in [-0.25, -0.2) is 0 Å². The van der Waals surface area contributed by atoms with Gasteiger partial charge < -0.3 is 30.5 Å². The number of methoxy groups -OCH3 is 1. The average Bonchev–Trinajstić information content (AvgIpc) is 3.60. The third kappa shape index (κ3) is 11.5. The van der Waals surface area contributed by atoms with Crippen LogP contribution in [-0.4, -0.2) is 77.9 Å². The Labute approximate surface area is 306 Å². The number of rotatable bonds is 17. The number of nitrogens with one attached hydrogen (secondary N) is 2. The van der Waals surface area contributed by atoms with Crippen LogP contribution in [0.15, 0.2) is 97.1 Å². The molecule has 51 heavy (non-hydrogen) atoms. The fourth-order valence-corrected chi connectivity index (χ4v) is 6.47. The van der Waals surface area contributed by atoms with Crippen molar-refractivity contribution in [2.45, 2.75) is 89.6 Å². The average molecular weight is 719 g/mol. The molecule has 5 N–H and O–H groups in total. The number of hydrogen-bond acceptors (Lipinski definition) is 8. The third-order valence-corrected chi connectivity index (χ3v) is 9.55. The van der Waals surface area contributed by atoms with Gasteiger partial charge in [0.15, 0.2) is 0 Å². The van der Waals surface area contributed by atoms with Gasteiger partial charge in [0.25, 0.3) is 0 Å². The van der Waals surface area contributed by atoms with Crippen molar-refractivity contribution in [3.63, 3.8) is 0 Å². The molecular formula is C40H51ClN4O6. The topological polar surface area (TPSA) is 143 Å². The predicted octanol–water partition coefficient (Wildman–Crippen LogP) is 4.57. The molecule has 274 valence electrons. The molecule has 1 saturated heterocycles. The summed E-state index contributed by atoms with van der Waals surface area (Å²) >= 11 is 6.34. The van der Waals surface area contributed by atoms with Crippen LogP contribution in [0.2, 0.25) is 5.02 Å². The second-order valence-corrected chi connectivity index (χ2v) is 14.0. The highest BCUT2D eigenvalue weighted by Crippen LogP contribution is 2.31. The van der Waals surface area contributed by atoms with E-state index in [0.717, 1.165) is 23.1 Å². The van der Waals surface area contributed by atoms with E-state index in [9.17, 15) is 19.5 Å². The zero-order valence-electron chi connectivity index (χ0n) is 29.8. The Morgan fingerprint density at radius 2 is 1.67 bits per heavy atom. The van der Waals surface area contributed by atoms with Crippen molar-refractivity contribution in [1.29, 1.82) is 0 Å². The molecule has 4 rings (SSSR count). The monoisotopic (exact) mass is 718 g/mol. The summed E-state index contributed by atoms with van der Waals surface area (Å²) in [4.78, 5) is 41.6. The number of esters is 1. The molecule has 0 saturated carbocycles. The Balaban J connectivity index is 1.59. The number of nitrogens with zero attached hydrogens (tertiary/aromatic N) is 1. The van der Waals surface area contributed by atoms with Gasteiger partial charge in [0.05, 0.1) is 31.9 Å². The van der Waals surface area contributed by atoms with Crippen LogP contribution in [0.1, 0.15) is 50.3 Å². The number of ether oxygens (including phenoxy) is 2. The van der Waals surface area contributed by atoms with Crippen LogP contribution in [0.5, 0.6) is 0 Å². The van der Waals surface area contributed by atoms with E-state index in [1.54, 1.807) is 24.8 Å². The fourth-order valence-electron chi connectivity index (χ4n) is 6.26. The van der Waals surface area contributed by atoms with E-state index in [1.807, 2.05) is 97.9 Å². The first-order valence-corrected chi connectivity index (χ1v) is 17.8. The smallest absolute Gasteiger partial charge is 0.323 e. The first-order chi connectivity index (χ1) is 24.4. The Morgan fingerprint density at radius 3 is 2.29 bits per heavy atom. The standard InChI is InChI=1S/C40H51ClN4O6/c1-27(42)36(46)44-35(28(2)51-26-30-15-9-6-10-16-30)37(47)45-22-12-19-33(45)20-21-40(3,25-31-17-11-18-32(41)23-31)39(49)43-34(38(48)50-4)24-29-13-7-5-8-14-29/h5-11,13-18,20-21,23,27-28,33-35,39,43,49H,12,19,22,24-26,42H2,1-4H3,(H,44,46)/t27-,28+,33-,34-,35-,39?,40-/m0/s1. The number of aliphatic hydroxyl groups is 1. The lowest BCUT2D eigenvalue weighted by Gasteiger charge is -2.36. The number of hydrogen-bond donors (Lipinski definition) is 4. The molecule has 1 unspecified atom stereocenters. The van der Waals surface area contributed by atoms with Crippen LogP contribution in [0.4, 0.5) is 0 Å². The molecule has 0 bridgehead atoms. The Kier molecular flexibility index (Phi) is 14.8. The molecule has 0 aromatic heterocycles. The summed E-state index contributed by atoms with van der Waals surface area (Å²) in [7, 11) is 1.32. The van der Waals surface area contributed by atoms with Crippen LogP contribution in [-0.2, 0) is 43.3 Å². The number of benzene rings is 3. The minimum atomic E-state index is -1.20. The van der Waals surface area contributed by atoms with Crippen LogP contribution >= 0.6 is 11.6 Å². The fraction of sp³-hybridized carbons (Fsp3) is 0.425. The van der Waals surface area contributed by atoms with Gasteiger partial charge in [-0.3, -0.25) is 19.7 Å². The first kappa shape index (κ1) is 39.7. The molecule has 1 aliphatic heterocycles. The zero-order chi connectivity index (χ0) is 37.0. The molecular weight excluding hydrogens is 668 g/mol. The van der Waals surface area contributed by atoms with Gasteiger partial charge in [-0.05, 0) is 68.4 Å². The molecule has 1 heterocycles. The quantitative estimate of drug-likeness (QED) is 0.0904. The Hall–Kier alpha value is -4.06. The van der Waals surface area contributed by atoms with E-state index in [-0.39, 0.29) is 18.6 Å². The van der Waals surface area contributed by atoms with Gasteiger partial charge in [0, 0.05) is 17.0 Å².